The zero-order valence-corrected chi connectivity index (χ0v) is 15.5. The Labute approximate surface area is 135 Å². The van der Waals surface area contributed by atoms with Crippen LogP contribution in [0.5, 0.6) is 0 Å². The largest absolute Gasteiger partial charge is 0.250 e. The van der Waals surface area contributed by atoms with Gasteiger partial charge in [0.15, 0.2) is 0 Å². The minimum Gasteiger partial charge on any atom is -0.206 e. The summed E-state index contributed by atoms with van der Waals surface area (Å²) < 4.78 is 28.9. The van der Waals surface area contributed by atoms with Gasteiger partial charge in [0.25, 0.3) is 0 Å². The molecule has 2 rings (SSSR count). The Morgan fingerprint density at radius 1 is 1.32 bits per heavy atom. The fourth-order valence-corrected chi connectivity index (χ4v) is 6.67. The molecule has 1 N–H and O–H groups in total. The molecular formula is C12H17Br2NO2S2. The Hall–Kier alpha value is 0.570. The highest BCUT2D eigenvalue weighted by Gasteiger charge is 2.28. The maximum absolute atomic E-state index is 12.4. The topological polar surface area (TPSA) is 46.2 Å². The molecule has 0 saturated heterocycles. The molecule has 0 spiro atoms. The summed E-state index contributed by atoms with van der Waals surface area (Å²) in [7, 11) is -3.40. The molecule has 1 fully saturated rings. The molecule has 1 aliphatic carbocycles. The van der Waals surface area contributed by atoms with Crippen molar-refractivity contribution in [3.8, 4) is 0 Å². The summed E-state index contributed by atoms with van der Waals surface area (Å²) in [6.07, 6.45) is 5.37. The molecular weight excluding hydrogens is 414 g/mol. The van der Waals surface area contributed by atoms with Crippen molar-refractivity contribution in [1.29, 1.82) is 0 Å². The van der Waals surface area contributed by atoms with E-state index in [4.69, 9.17) is 0 Å². The minimum atomic E-state index is -3.40. The van der Waals surface area contributed by atoms with Crippen LogP contribution < -0.4 is 4.72 Å². The highest BCUT2D eigenvalue weighted by molar-refractivity contribution is 9.11. The van der Waals surface area contributed by atoms with Gasteiger partial charge in [-0.05, 0) is 47.3 Å². The van der Waals surface area contributed by atoms with E-state index >= 15 is 0 Å². The second-order valence-corrected chi connectivity index (χ2v) is 10.4. The van der Waals surface area contributed by atoms with Crippen LogP contribution in [-0.2, 0) is 10.0 Å². The summed E-state index contributed by atoms with van der Waals surface area (Å²) in [5.41, 5.74) is 0.960. The molecule has 7 heteroatoms. The van der Waals surface area contributed by atoms with E-state index in [2.05, 4.69) is 36.6 Å². The molecule has 0 aliphatic heterocycles. The lowest BCUT2D eigenvalue weighted by molar-refractivity contribution is 0.522. The molecule has 0 amide bonds. The first-order chi connectivity index (χ1) is 8.90. The van der Waals surface area contributed by atoms with Crippen LogP contribution in [0, 0.1) is 6.92 Å². The molecule has 1 aromatic rings. The van der Waals surface area contributed by atoms with E-state index in [0.717, 1.165) is 35.0 Å². The van der Waals surface area contributed by atoms with Gasteiger partial charge in [0.05, 0.1) is 3.79 Å². The standard InChI is InChI=1S/C12H17Br2NO2S2/c1-8-7-11(18-12(8)14)19(16,17)15-10-6-4-2-3-5-9(10)13/h7,9-10,15H,2-6H2,1H3. The third kappa shape index (κ3) is 4.03. The van der Waals surface area contributed by atoms with Gasteiger partial charge in [-0.25, -0.2) is 13.1 Å². The van der Waals surface area contributed by atoms with Gasteiger partial charge < -0.3 is 0 Å². The Kier molecular flexibility index (Phi) is 5.50. The van der Waals surface area contributed by atoms with Crippen LogP contribution in [0.15, 0.2) is 14.1 Å². The Morgan fingerprint density at radius 2 is 2.00 bits per heavy atom. The molecule has 0 aromatic carbocycles. The molecule has 0 bridgehead atoms. The maximum Gasteiger partial charge on any atom is 0.250 e. The molecule has 2 unspecified atom stereocenters. The van der Waals surface area contributed by atoms with Crippen LogP contribution in [0.2, 0.25) is 0 Å². The lowest BCUT2D eigenvalue weighted by Crippen LogP contribution is -2.39. The molecule has 19 heavy (non-hydrogen) atoms. The van der Waals surface area contributed by atoms with Gasteiger partial charge in [0.2, 0.25) is 10.0 Å². The van der Waals surface area contributed by atoms with E-state index in [1.54, 1.807) is 6.07 Å². The van der Waals surface area contributed by atoms with Crippen LogP contribution in [0.3, 0.4) is 0 Å². The number of hydrogen-bond acceptors (Lipinski definition) is 3. The number of sulfonamides is 1. The van der Waals surface area contributed by atoms with Gasteiger partial charge in [-0.15, -0.1) is 11.3 Å². The number of aryl methyl sites for hydroxylation is 1. The van der Waals surface area contributed by atoms with Crippen LogP contribution in [0.1, 0.15) is 37.7 Å². The normalized spacial score (nSPS) is 25.2. The number of halogens is 2. The monoisotopic (exact) mass is 429 g/mol. The summed E-state index contributed by atoms with van der Waals surface area (Å²) in [5, 5.41) is 0. The molecule has 3 nitrogen and oxygen atoms in total. The van der Waals surface area contributed by atoms with Gasteiger partial charge >= 0.3 is 0 Å². The zero-order valence-electron chi connectivity index (χ0n) is 10.7. The molecule has 1 aromatic heterocycles. The zero-order chi connectivity index (χ0) is 14.0. The number of alkyl halides is 1. The molecule has 108 valence electrons. The van der Waals surface area contributed by atoms with Crippen molar-refractivity contribution in [2.75, 3.05) is 0 Å². The SMILES string of the molecule is Cc1cc(S(=O)(=O)NC2CCCCCC2Br)sc1Br. The van der Waals surface area contributed by atoms with Crippen LogP contribution >= 0.6 is 43.2 Å². The smallest absolute Gasteiger partial charge is 0.206 e. The van der Waals surface area contributed by atoms with Crippen molar-refractivity contribution < 1.29 is 8.42 Å². The summed E-state index contributed by atoms with van der Waals surface area (Å²) in [6, 6.07) is 1.71. The van der Waals surface area contributed by atoms with Gasteiger partial charge in [0.1, 0.15) is 4.21 Å². The number of thiophene rings is 1. The summed E-state index contributed by atoms with van der Waals surface area (Å²) in [4.78, 5) is 0.231. The van der Waals surface area contributed by atoms with Crippen molar-refractivity contribution in [2.45, 2.75) is 54.1 Å². The van der Waals surface area contributed by atoms with Crippen LogP contribution in [0.4, 0.5) is 0 Å². The second-order valence-electron chi connectivity index (χ2n) is 4.90. The summed E-state index contributed by atoms with van der Waals surface area (Å²) >= 11 is 8.26. The van der Waals surface area contributed by atoms with E-state index in [1.807, 2.05) is 6.92 Å². The summed E-state index contributed by atoms with van der Waals surface area (Å²) in [6.45, 7) is 1.90. The predicted octanol–water partition coefficient (Wildman–Crippen LogP) is 4.19. The van der Waals surface area contributed by atoms with Crippen LogP contribution in [-0.4, -0.2) is 19.3 Å². The predicted molar refractivity (Wildman–Crippen MR) is 86.7 cm³/mol. The van der Waals surface area contributed by atoms with Gasteiger partial charge in [-0.3, -0.25) is 0 Å². The molecule has 0 radical (unpaired) electrons. The summed E-state index contributed by atoms with van der Waals surface area (Å²) in [5.74, 6) is 0. The van der Waals surface area contributed by atoms with Crippen molar-refractivity contribution in [1.82, 2.24) is 4.72 Å². The fraction of sp³-hybridized carbons (Fsp3) is 0.667. The average molecular weight is 431 g/mol. The first-order valence-electron chi connectivity index (χ1n) is 6.32. The van der Waals surface area contributed by atoms with E-state index in [-0.39, 0.29) is 10.9 Å². The quantitative estimate of drug-likeness (QED) is 0.577. The average Bonchev–Trinajstić information content (AvgIpc) is 2.55. The van der Waals surface area contributed by atoms with Gasteiger partial charge in [-0.1, -0.05) is 35.2 Å². The number of rotatable bonds is 3. The van der Waals surface area contributed by atoms with E-state index in [0.29, 0.717) is 4.21 Å². The Balaban J connectivity index is 2.16. The number of nitrogens with one attached hydrogen (secondary N) is 1. The third-order valence-corrected chi connectivity index (χ3v) is 8.53. The fourth-order valence-electron chi connectivity index (χ4n) is 2.22. The van der Waals surface area contributed by atoms with E-state index in [1.165, 1.54) is 17.8 Å². The minimum absolute atomic E-state index is 0.00585. The Bertz CT molecular complexity index is 522. The first-order valence-corrected chi connectivity index (χ1v) is 10.3. The highest BCUT2D eigenvalue weighted by Crippen LogP contribution is 2.31. The molecule has 1 saturated carbocycles. The first kappa shape index (κ1) is 15.9. The van der Waals surface area contributed by atoms with Crippen molar-refractivity contribution in [3.05, 3.63) is 15.4 Å². The molecule has 2 atom stereocenters. The van der Waals surface area contributed by atoms with E-state index in [9.17, 15) is 8.42 Å². The number of hydrogen-bond donors (Lipinski definition) is 1. The highest BCUT2D eigenvalue weighted by atomic mass is 79.9. The lowest BCUT2D eigenvalue weighted by atomic mass is 10.1. The van der Waals surface area contributed by atoms with Crippen molar-refractivity contribution >= 4 is 53.2 Å². The molecule has 1 heterocycles. The van der Waals surface area contributed by atoms with Gasteiger partial charge in [0, 0.05) is 10.9 Å². The Morgan fingerprint density at radius 3 is 2.63 bits per heavy atom. The molecule has 1 aliphatic rings. The maximum atomic E-state index is 12.4. The van der Waals surface area contributed by atoms with Gasteiger partial charge in [-0.2, -0.15) is 0 Å². The lowest BCUT2D eigenvalue weighted by Gasteiger charge is -2.20. The van der Waals surface area contributed by atoms with Crippen molar-refractivity contribution in [2.24, 2.45) is 0 Å². The van der Waals surface area contributed by atoms with E-state index < -0.39 is 10.0 Å². The third-order valence-electron chi connectivity index (χ3n) is 3.34. The second kappa shape index (κ2) is 6.56. The van der Waals surface area contributed by atoms with Crippen LogP contribution in [0.25, 0.3) is 0 Å². The van der Waals surface area contributed by atoms with Crippen molar-refractivity contribution in [3.63, 3.8) is 0 Å².